The molecule has 3 N–H and O–H groups in total. The van der Waals surface area contributed by atoms with E-state index in [1.165, 1.54) is 308 Å². The zero-order valence-electron chi connectivity index (χ0n) is 52.7. The maximum absolute atomic E-state index is 12.5. The number of rotatable bonds is 66. The van der Waals surface area contributed by atoms with E-state index in [0.29, 0.717) is 19.4 Å². The van der Waals surface area contributed by atoms with E-state index in [1.54, 1.807) is 6.08 Å². The average Bonchev–Trinajstić information content (AvgIpc) is 3.44. The summed E-state index contributed by atoms with van der Waals surface area (Å²) in [6, 6.07) is -0.634. The molecule has 6 nitrogen and oxygen atoms in total. The van der Waals surface area contributed by atoms with Gasteiger partial charge in [0.1, 0.15) is 0 Å². The average molecular weight is 1100 g/mol. The van der Waals surface area contributed by atoms with E-state index in [-0.39, 0.29) is 18.5 Å². The van der Waals surface area contributed by atoms with Gasteiger partial charge in [0.2, 0.25) is 5.91 Å². The number of carbonyl (C=O) groups excluding carboxylic acids is 2. The van der Waals surface area contributed by atoms with Crippen LogP contribution in [0.25, 0.3) is 0 Å². The molecule has 0 bridgehead atoms. The lowest BCUT2D eigenvalue weighted by Crippen LogP contribution is -2.45. The van der Waals surface area contributed by atoms with Crippen molar-refractivity contribution in [3.63, 3.8) is 0 Å². The first kappa shape index (κ1) is 76.1. The SMILES string of the molecule is CCCCCCCCC/C=C\CCCCCCCCCC(=O)OCCCCCCCCCCCCC/C=C\CCCCCCCCCC(=O)NC(CO)C(O)/C=C/CCCCCCCCCCCCCCCCCCCCC. The minimum absolute atomic E-state index is 0.00708. The number of amides is 1. The number of aliphatic hydroxyl groups is 2. The van der Waals surface area contributed by atoms with Gasteiger partial charge in [0.15, 0.2) is 0 Å². The van der Waals surface area contributed by atoms with Crippen LogP contribution in [0.15, 0.2) is 36.5 Å². The lowest BCUT2D eigenvalue weighted by atomic mass is 10.0. The second kappa shape index (κ2) is 67.6. The number of allylic oxidation sites excluding steroid dienone is 5. The predicted molar refractivity (Wildman–Crippen MR) is 343 cm³/mol. The summed E-state index contributed by atoms with van der Waals surface area (Å²) in [6.45, 7) is 4.93. The second-order valence-electron chi connectivity index (χ2n) is 24.2. The Balaban J connectivity index is 3.43. The minimum Gasteiger partial charge on any atom is -0.466 e. The van der Waals surface area contributed by atoms with Gasteiger partial charge < -0.3 is 20.3 Å². The lowest BCUT2D eigenvalue weighted by Gasteiger charge is -2.20. The molecule has 0 spiro atoms. The normalized spacial score (nSPS) is 12.7. The van der Waals surface area contributed by atoms with Gasteiger partial charge in [0.05, 0.1) is 25.4 Å². The lowest BCUT2D eigenvalue weighted by molar-refractivity contribution is -0.143. The molecule has 0 aliphatic carbocycles. The van der Waals surface area contributed by atoms with Crippen LogP contribution in [-0.2, 0) is 14.3 Å². The molecule has 460 valence electrons. The van der Waals surface area contributed by atoms with Crippen molar-refractivity contribution in [2.45, 2.75) is 398 Å². The van der Waals surface area contributed by atoms with Crippen molar-refractivity contribution in [3.8, 4) is 0 Å². The van der Waals surface area contributed by atoms with E-state index < -0.39 is 12.1 Å². The van der Waals surface area contributed by atoms with Crippen LogP contribution in [0.5, 0.6) is 0 Å². The number of nitrogens with one attached hydrogen (secondary N) is 1. The van der Waals surface area contributed by atoms with Gasteiger partial charge in [-0.3, -0.25) is 9.59 Å². The molecular formula is C72H137NO5. The summed E-state index contributed by atoms with van der Waals surface area (Å²) in [5.41, 5.74) is 0. The maximum Gasteiger partial charge on any atom is 0.305 e. The molecule has 0 aromatic carbocycles. The second-order valence-corrected chi connectivity index (χ2v) is 24.2. The van der Waals surface area contributed by atoms with Crippen LogP contribution in [-0.4, -0.2) is 47.4 Å². The number of carbonyl (C=O) groups is 2. The summed E-state index contributed by atoms with van der Waals surface area (Å²) in [4.78, 5) is 24.6. The van der Waals surface area contributed by atoms with Crippen LogP contribution in [0.4, 0.5) is 0 Å². The molecule has 0 saturated heterocycles. The number of ether oxygens (including phenoxy) is 1. The standard InChI is InChI=1S/C72H137NO5/c1-3-5-7-9-11-13-15-17-19-21-23-26-29-32-36-40-44-48-52-56-60-64-70(75)69(68-74)73-71(76)65-61-57-53-49-45-41-37-33-30-27-24-25-28-31-35-39-43-47-51-55-59-63-67-78-72(77)66-62-58-54-50-46-42-38-34-22-20-18-16-14-12-10-8-6-4-2/h20,22,27,30,60,64,69-70,74-75H,3-19,21,23-26,28-29,31-59,61-63,65-68H2,1-2H3,(H,73,76)/b22-20-,30-27-,64-60+. The maximum atomic E-state index is 12.5. The predicted octanol–water partition coefficient (Wildman–Crippen LogP) is 22.7. The van der Waals surface area contributed by atoms with Crippen molar-refractivity contribution in [2.24, 2.45) is 0 Å². The molecule has 0 aliphatic heterocycles. The summed E-state index contributed by atoms with van der Waals surface area (Å²) >= 11 is 0. The first-order valence-electron chi connectivity index (χ1n) is 35.3. The van der Waals surface area contributed by atoms with Gasteiger partial charge in [0, 0.05) is 12.8 Å². The van der Waals surface area contributed by atoms with Crippen LogP contribution in [0.3, 0.4) is 0 Å². The fraction of sp³-hybridized carbons (Fsp3) is 0.889. The molecule has 0 aromatic rings. The molecular weight excluding hydrogens is 959 g/mol. The Kier molecular flexibility index (Phi) is 65.9. The van der Waals surface area contributed by atoms with E-state index in [1.807, 2.05) is 6.08 Å². The Morgan fingerprint density at radius 3 is 0.910 bits per heavy atom. The zero-order chi connectivity index (χ0) is 56.4. The number of hydrogen-bond acceptors (Lipinski definition) is 5. The van der Waals surface area contributed by atoms with Crippen LogP contribution >= 0.6 is 0 Å². The fourth-order valence-corrected chi connectivity index (χ4v) is 11.0. The molecule has 2 unspecified atom stereocenters. The minimum atomic E-state index is -0.850. The van der Waals surface area contributed by atoms with Crippen molar-refractivity contribution < 1.29 is 24.5 Å². The highest BCUT2D eigenvalue weighted by molar-refractivity contribution is 5.76. The molecule has 0 heterocycles. The molecule has 2 atom stereocenters. The summed E-state index contributed by atoms with van der Waals surface area (Å²) in [6.07, 6.45) is 86.4. The van der Waals surface area contributed by atoms with Crippen LogP contribution in [0, 0.1) is 0 Å². The van der Waals surface area contributed by atoms with Gasteiger partial charge in [-0.25, -0.2) is 0 Å². The Morgan fingerprint density at radius 2 is 0.603 bits per heavy atom. The van der Waals surface area contributed by atoms with Gasteiger partial charge in [-0.05, 0) is 83.5 Å². The van der Waals surface area contributed by atoms with Crippen molar-refractivity contribution in [3.05, 3.63) is 36.5 Å². The van der Waals surface area contributed by atoms with E-state index in [0.717, 1.165) is 51.4 Å². The zero-order valence-corrected chi connectivity index (χ0v) is 52.7. The first-order valence-corrected chi connectivity index (χ1v) is 35.3. The number of unbranched alkanes of at least 4 members (excludes halogenated alkanes) is 51. The highest BCUT2D eigenvalue weighted by Crippen LogP contribution is 2.18. The van der Waals surface area contributed by atoms with Gasteiger partial charge in [-0.15, -0.1) is 0 Å². The Labute approximate surface area is 487 Å². The molecule has 0 fully saturated rings. The highest BCUT2D eigenvalue weighted by atomic mass is 16.5. The topological polar surface area (TPSA) is 95.9 Å². The first-order chi connectivity index (χ1) is 38.5. The van der Waals surface area contributed by atoms with Crippen LogP contribution in [0.2, 0.25) is 0 Å². The molecule has 0 aliphatic rings. The third-order valence-corrected chi connectivity index (χ3v) is 16.4. The quantitative estimate of drug-likeness (QED) is 0.0320. The third kappa shape index (κ3) is 63.3. The van der Waals surface area contributed by atoms with E-state index >= 15 is 0 Å². The smallest absolute Gasteiger partial charge is 0.305 e. The molecule has 78 heavy (non-hydrogen) atoms. The van der Waals surface area contributed by atoms with Crippen LogP contribution < -0.4 is 5.32 Å². The molecule has 0 radical (unpaired) electrons. The van der Waals surface area contributed by atoms with Crippen LogP contribution in [0.1, 0.15) is 386 Å². The van der Waals surface area contributed by atoms with Crippen molar-refractivity contribution in [2.75, 3.05) is 13.2 Å². The Bertz CT molecular complexity index is 1260. The fourth-order valence-electron chi connectivity index (χ4n) is 11.0. The van der Waals surface area contributed by atoms with E-state index in [4.69, 9.17) is 4.74 Å². The summed E-state index contributed by atoms with van der Waals surface area (Å²) in [5, 5.41) is 23.2. The van der Waals surface area contributed by atoms with Crippen molar-refractivity contribution in [1.29, 1.82) is 0 Å². The number of aliphatic hydroxyl groups excluding tert-OH is 2. The Morgan fingerprint density at radius 1 is 0.346 bits per heavy atom. The molecule has 0 saturated carbocycles. The molecule has 0 rings (SSSR count). The van der Waals surface area contributed by atoms with Gasteiger partial charge in [-0.1, -0.05) is 326 Å². The van der Waals surface area contributed by atoms with Gasteiger partial charge in [0.25, 0.3) is 0 Å². The number of hydrogen-bond donors (Lipinski definition) is 3. The van der Waals surface area contributed by atoms with E-state index in [2.05, 4.69) is 43.5 Å². The van der Waals surface area contributed by atoms with E-state index in [9.17, 15) is 19.8 Å². The largest absolute Gasteiger partial charge is 0.466 e. The van der Waals surface area contributed by atoms with Crippen molar-refractivity contribution >= 4 is 11.9 Å². The molecule has 1 amide bonds. The molecule has 0 aromatic heterocycles. The summed E-state index contributed by atoms with van der Waals surface area (Å²) < 4.78 is 5.50. The third-order valence-electron chi connectivity index (χ3n) is 16.4. The van der Waals surface area contributed by atoms with Crippen molar-refractivity contribution in [1.82, 2.24) is 5.32 Å². The monoisotopic (exact) mass is 1100 g/mol. The molecule has 6 heteroatoms. The van der Waals surface area contributed by atoms with Gasteiger partial charge >= 0.3 is 5.97 Å². The summed E-state index contributed by atoms with van der Waals surface area (Å²) in [5.74, 6) is -0.0646. The Hall–Kier alpha value is -1.92. The number of esters is 1. The highest BCUT2D eigenvalue weighted by Gasteiger charge is 2.18. The summed E-state index contributed by atoms with van der Waals surface area (Å²) in [7, 11) is 0. The van der Waals surface area contributed by atoms with Gasteiger partial charge in [-0.2, -0.15) is 0 Å².